The Balaban J connectivity index is 2.89. The number of para-hydroxylation sites is 1. The Labute approximate surface area is 69.4 Å². The Bertz CT molecular complexity index is 288. The molecule has 3 nitrogen and oxygen atoms in total. The zero-order valence-corrected chi connectivity index (χ0v) is 6.38. The molecule has 0 bridgehead atoms. The van der Waals surface area contributed by atoms with Gasteiger partial charge in [0.1, 0.15) is 6.67 Å². The van der Waals surface area contributed by atoms with Gasteiger partial charge in [0.25, 0.3) is 0 Å². The zero-order chi connectivity index (χ0) is 8.97. The molecule has 0 aliphatic heterocycles. The molecule has 0 atom stereocenters. The molecule has 0 unspecified atom stereocenters. The van der Waals surface area contributed by atoms with E-state index >= 15 is 0 Å². The van der Waals surface area contributed by atoms with E-state index in [1.165, 1.54) is 0 Å². The van der Waals surface area contributed by atoms with E-state index in [2.05, 4.69) is 5.32 Å². The third-order valence-electron chi connectivity index (χ3n) is 1.42. The van der Waals surface area contributed by atoms with E-state index in [4.69, 9.17) is 5.73 Å². The first-order valence-electron chi connectivity index (χ1n) is 3.44. The zero-order valence-electron chi connectivity index (χ0n) is 6.38. The number of hydrogen-bond acceptors (Lipinski definition) is 1. The summed E-state index contributed by atoms with van der Waals surface area (Å²) >= 11 is 0. The maximum absolute atomic E-state index is 12.2. The number of nitrogens with one attached hydrogen (secondary N) is 1. The molecule has 2 amide bonds. The molecule has 0 aromatic heterocycles. The maximum Gasteiger partial charge on any atom is 0.316 e. The SMILES string of the molecule is NC(=O)Nc1ccccc1CF. The minimum atomic E-state index is -0.684. The molecule has 1 aromatic rings. The van der Waals surface area contributed by atoms with Gasteiger partial charge in [0.15, 0.2) is 0 Å². The van der Waals surface area contributed by atoms with Gasteiger partial charge in [-0.25, -0.2) is 9.18 Å². The van der Waals surface area contributed by atoms with E-state index in [1.807, 2.05) is 0 Å². The molecule has 0 fully saturated rings. The summed E-state index contributed by atoms with van der Waals surface area (Å²) in [7, 11) is 0. The van der Waals surface area contributed by atoms with Gasteiger partial charge in [-0.15, -0.1) is 0 Å². The van der Waals surface area contributed by atoms with Crippen molar-refractivity contribution in [1.82, 2.24) is 0 Å². The van der Waals surface area contributed by atoms with Crippen LogP contribution in [0.2, 0.25) is 0 Å². The van der Waals surface area contributed by atoms with Gasteiger partial charge in [-0.1, -0.05) is 18.2 Å². The van der Waals surface area contributed by atoms with Crippen LogP contribution in [0.25, 0.3) is 0 Å². The van der Waals surface area contributed by atoms with Gasteiger partial charge >= 0.3 is 6.03 Å². The van der Waals surface area contributed by atoms with Crippen LogP contribution in [-0.2, 0) is 6.67 Å². The normalized spacial score (nSPS) is 9.42. The highest BCUT2D eigenvalue weighted by Crippen LogP contribution is 2.15. The highest BCUT2D eigenvalue weighted by molar-refractivity contribution is 5.88. The van der Waals surface area contributed by atoms with Crippen molar-refractivity contribution in [3.05, 3.63) is 29.8 Å². The molecule has 0 aliphatic carbocycles. The van der Waals surface area contributed by atoms with Crippen molar-refractivity contribution >= 4 is 11.7 Å². The topological polar surface area (TPSA) is 55.1 Å². The van der Waals surface area contributed by atoms with Crippen LogP contribution in [0, 0.1) is 0 Å². The van der Waals surface area contributed by atoms with Crippen molar-refractivity contribution in [3.63, 3.8) is 0 Å². The summed E-state index contributed by atoms with van der Waals surface area (Å²) in [6, 6.07) is 5.90. The molecule has 64 valence electrons. The highest BCUT2D eigenvalue weighted by Gasteiger charge is 2.01. The van der Waals surface area contributed by atoms with Crippen molar-refractivity contribution in [3.8, 4) is 0 Å². The van der Waals surface area contributed by atoms with Crippen LogP contribution < -0.4 is 11.1 Å². The lowest BCUT2D eigenvalue weighted by Gasteiger charge is -2.04. The molecule has 12 heavy (non-hydrogen) atoms. The number of carbonyl (C=O) groups is 1. The quantitative estimate of drug-likeness (QED) is 0.693. The molecule has 0 aliphatic rings. The number of anilines is 1. The molecule has 4 heteroatoms. The Morgan fingerprint density at radius 2 is 2.17 bits per heavy atom. The molecular formula is C8H9FN2O. The third-order valence-corrected chi connectivity index (χ3v) is 1.42. The number of benzene rings is 1. The van der Waals surface area contributed by atoms with Crippen molar-refractivity contribution < 1.29 is 9.18 Å². The number of rotatable bonds is 2. The van der Waals surface area contributed by atoms with Crippen LogP contribution >= 0.6 is 0 Å². The van der Waals surface area contributed by atoms with Crippen LogP contribution in [-0.4, -0.2) is 6.03 Å². The molecule has 0 saturated carbocycles. The Morgan fingerprint density at radius 3 is 2.75 bits per heavy atom. The predicted octanol–water partition coefficient (Wildman–Crippen LogP) is 1.65. The first-order chi connectivity index (χ1) is 5.74. The van der Waals surface area contributed by atoms with Crippen LogP contribution in [0.15, 0.2) is 24.3 Å². The van der Waals surface area contributed by atoms with Gasteiger partial charge in [-0.2, -0.15) is 0 Å². The van der Waals surface area contributed by atoms with Gasteiger partial charge in [0, 0.05) is 11.3 Å². The summed E-state index contributed by atoms with van der Waals surface area (Å²) in [6.07, 6.45) is 0. The first kappa shape index (κ1) is 8.52. The van der Waals surface area contributed by atoms with Gasteiger partial charge in [0.05, 0.1) is 0 Å². The number of hydrogen-bond donors (Lipinski definition) is 2. The highest BCUT2D eigenvalue weighted by atomic mass is 19.1. The Kier molecular flexibility index (Phi) is 2.63. The molecular weight excluding hydrogens is 159 g/mol. The van der Waals surface area contributed by atoms with E-state index in [1.54, 1.807) is 24.3 Å². The van der Waals surface area contributed by atoms with Crippen LogP contribution in [0.1, 0.15) is 5.56 Å². The monoisotopic (exact) mass is 168 g/mol. The summed E-state index contributed by atoms with van der Waals surface area (Å²) < 4.78 is 12.2. The number of alkyl halides is 1. The van der Waals surface area contributed by atoms with E-state index in [-0.39, 0.29) is 0 Å². The van der Waals surface area contributed by atoms with Gasteiger partial charge in [-0.05, 0) is 6.07 Å². The number of urea groups is 1. The fourth-order valence-corrected chi connectivity index (χ4v) is 0.892. The maximum atomic E-state index is 12.2. The standard InChI is InChI=1S/C8H9FN2O/c9-5-6-3-1-2-4-7(6)11-8(10)12/h1-4H,5H2,(H3,10,11,12). The molecule has 0 radical (unpaired) electrons. The second-order valence-corrected chi connectivity index (χ2v) is 2.28. The van der Waals surface area contributed by atoms with Gasteiger partial charge in [-0.3, -0.25) is 0 Å². The molecule has 1 aromatic carbocycles. The lowest BCUT2D eigenvalue weighted by molar-refractivity contribution is 0.259. The summed E-state index contributed by atoms with van der Waals surface area (Å²) in [6.45, 7) is -0.615. The van der Waals surface area contributed by atoms with E-state index in [0.717, 1.165) is 0 Å². The minimum absolute atomic E-state index is 0.424. The molecule has 1 rings (SSSR count). The summed E-state index contributed by atoms with van der Waals surface area (Å²) in [4.78, 5) is 10.4. The fourth-order valence-electron chi connectivity index (χ4n) is 0.892. The summed E-state index contributed by atoms with van der Waals surface area (Å²) in [5.41, 5.74) is 5.73. The summed E-state index contributed by atoms with van der Waals surface area (Å²) in [5.74, 6) is 0. The van der Waals surface area contributed by atoms with Crippen LogP contribution in [0.5, 0.6) is 0 Å². The second kappa shape index (κ2) is 3.71. The number of primary amides is 1. The van der Waals surface area contributed by atoms with Gasteiger partial charge in [0.2, 0.25) is 0 Å². The van der Waals surface area contributed by atoms with E-state index in [9.17, 15) is 9.18 Å². The number of carbonyl (C=O) groups excluding carboxylic acids is 1. The average Bonchev–Trinajstić information content (AvgIpc) is 2.04. The largest absolute Gasteiger partial charge is 0.351 e. The summed E-state index contributed by atoms with van der Waals surface area (Å²) in [5, 5.41) is 2.32. The first-order valence-corrected chi connectivity index (χ1v) is 3.44. The van der Waals surface area contributed by atoms with Crippen molar-refractivity contribution in [2.75, 3.05) is 5.32 Å². The van der Waals surface area contributed by atoms with Crippen LogP contribution in [0.4, 0.5) is 14.9 Å². The minimum Gasteiger partial charge on any atom is -0.351 e. The molecule has 3 N–H and O–H groups in total. The molecule has 0 saturated heterocycles. The van der Waals surface area contributed by atoms with E-state index < -0.39 is 12.7 Å². The fraction of sp³-hybridized carbons (Fsp3) is 0.125. The van der Waals surface area contributed by atoms with Crippen molar-refractivity contribution in [2.45, 2.75) is 6.67 Å². The van der Waals surface area contributed by atoms with Crippen molar-refractivity contribution in [2.24, 2.45) is 5.73 Å². The number of amides is 2. The molecule has 0 spiro atoms. The Morgan fingerprint density at radius 1 is 1.50 bits per heavy atom. The van der Waals surface area contributed by atoms with Crippen molar-refractivity contribution in [1.29, 1.82) is 0 Å². The lowest BCUT2D eigenvalue weighted by Crippen LogP contribution is -2.19. The number of halogens is 1. The predicted molar refractivity (Wildman–Crippen MR) is 44.5 cm³/mol. The molecule has 0 heterocycles. The Hall–Kier alpha value is -1.58. The lowest BCUT2D eigenvalue weighted by atomic mass is 10.2. The van der Waals surface area contributed by atoms with Gasteiger partial charge < -0.3 is 11.1 Å². The second-order valence-electron chi connectivity index (χ2n) is 2.28. The van der Waals surface area contributed by atoms with Crippen LogP contribution in [0.3, 0.4) is 0 Å². The third kappa shape index (κ3) is 1.95. The smallest absolute Gasteiger partial charge is 0.316 e. The average molecular weight is 168 g/mol. The number of nitrogens with two attached hydrogens (primary N) is 1. The van der Waals surface area contributed by atoms with E-state index in [0.29, 0.717) is 11.3 Å².